The van der Waals surface area contributed by atoms with E-state index in [0.717, 1.165) is 24.3 Å². The molecule has 6 nitrogen and oxygen atoms in total. The standard InChI is InChI=1S/C24H16F5N3O3/c25-13-24(29)23(27,28)9-14-3-1-2-4-19(14)32(24)22(35)15(10-30)7-16-11-31(12-21(33)34)20-6-5-17(26)8-18(16)20/h1-8,11H,9,12-13H2,(H,33,34)/b15-7+. The molecule has 0 bridgehead atoms. The average Bonchev–Trinajstić information content (AvgIpc) is 3.12. The van der Waals surface area contributed by atoms with Crippen LogP contribution in [0.4, 0.5) is 27.6 Å². The van der Waals surface area contributed by atoms with Crippen LogP contribution in [0.2, 0.25) is 0 Å². The molecule has 1 aliphatic rings. The summed E-state index contributed by atoms with van der Waals surface area (Å²) in [4.78, 5) is 24.4. The van der Waals surface area contributed by atoms with Crippen LogP contribution >= 0.6 is 0 Å². The predicted octanol–water partition coefficient (Wildman–Crippen LogP) is 4.63. The second-order valence-corrected chi connectivity index (χ2v) is 7.98. The number of halogens is 5. The molecule has 4 rings (SSSR count). The van der Waals surface area contributed by atoms with E-state index in [4.69, 9.17) is 5.11 Å². The van der Waals surface area contributed by atoms with Crippen molar-refractivity contribution < 1.29 is 36.6 Å². The van der Waals surface area contributed by atoms with Gasteiger partial charge in [-0.2, -0.15) is 5.26 Å². The van der Waals surface area contributed by atoms with Crippen molar-refractivity contribution in [3.63, 3.8) is 0 Å². The van der Waals surface area contributed by atoms with Gasteiger partial charge >= 0.3 is 11.9 Å². The number of carboxylic acid groups (broad SMARTS) is 1. The van der Waals surface area contributed by atoms with E-state index in [-0.39, 0.29) is 32.6 Å². The minimum absolute atomic E-state index is 0.00686. The number of carboxylic acids is 1. The van der Waals surface area contributed by atoms with E-state index >= 15 is 4.39 Å². The van der Waals surface area contributed by atoms with Crippen molar-refractivity contribution in [2.24, 2.45) is 0 Å². The van der Waals surface area contributed by atoms with Crippen LogP contribution in [0.5, 0.6) is 0 Å². The smallest absolute Gasteiger partial charge is 0.323 e. The Morgan fingerprint density at radius 3 is 2.54 bits per heavy atom. The summed E-state index contributed by atoms with van der Waals surface area (Å²) in [5.74, 6) is -11.8. The third-order valence-corrected chi connectivity index (χ3v) is 5.77. The summed E-state index contributed by atoms with van der Waals surface area (Å²) in [5.41, 5.74) is -1.02. The first-order chi connectivity index (χ1) is 16.5. The number of para-hydroxylation sites is 1. The lowest BCUT2D eigenvalue weighted by atomic mass is 9.90. The van der Waals surface area contributed by atoms with E-state index in [9.17, 15) is 32.4 Å². The highest BCUT2D eigenvalue weighted by molar-refractivity contribution is 6.13. The van der Waals surface area contributed by atoms with Gasteiger partial charge in [0.05, 0.1) is 5.69 Å². The zero-order chi connectivity index (χ0) is 25.5. The molecule has 0 fully saturated rings. The number of alkyl halides is 4. The minimum atomic E-state index is -4.30. The Bertz CT molecular complexity index is 1430. The van der Waals surface area contributed by atoms with Gasteiger partial charge in [0.25, 0.3) is 11.7 Å². The number of fused-ring (bicyclic) bond motifs is 2. The lowest BCUT2D eigenvalue weighted by molar-refractivity contribution is -0.158. The molecule has 0 aliphatic carbocycles. The van der Waals surface area contributed by atoms with Crippen molar-refractivity contribution in [3.8, 4) is 6.07 Å². The first-order valence-electron chi connectivity index (χ1n) is 10.2. The number of hydrogen-bond donors (Lipinski definition) is 1. The summed E-state index contributed by atoms with van der Waals surface area (Å²) in [5, 5.41) is 18.9. The van der Waals surface area contributed by atoms with Gasteiger partial charge in [-0.15, -0.1) is 0 Å². The molecule has 180 valence electrons. The summed E-state index contributed by atoms with van der Waals surface area (Å²) in [6.45, 7) is -2.77. The molecule has 1 N–H and O–H groups in total. The van der Waals surface area contributed by atoms with Crippen LogP contribution in [0.15, 0.2) is 54.2 Å². The Morgan fingerprint density at radius 2 is 1.89 bits per heavy atom. The predicted molar refractivity (Wildman–Crippen MR) is 116 cm³/mol. The molecule has 1 aliphatic heterocycles. The number of carbonyl (C=O) groups excluding carboxylic acids is 1. The molecule has 2 aromatic carbocycles. The van der Waals surface area contributed by atoms with Crippen molar-refractivity contribution in [2.45, 2.75) is 24.7 Å². The van der Waals surface area contributed by atoms with Crippen LogP contribution < -0.4 is 4.90 Å². The molecular weight excluding hydrogens is 473 g/mol. The topological polar surface area (TPSA) is 86.3 Å². The number of rotatable bonds is 5. The molecule has 0 radical (unpaired) electrons. The molecule has 35 heavy (non-hydrogen) atoms. The molecule has 0 saturated heterocycles. The van der Waals surface area contributed by atoms with E-state index in [2.05, 4.69) is 0 Å². The molecule has 11 heteroatoms. The van der Waals surface area contributed by atoms with Gasteiger partial charge in [-0.05, 0) is 35.9 Å². The number of nitriles is 1. The first-order valence-corrected chi connectivity index (χ1v) is 10.2. The van der Waals surface area contributed by atoms with Gasteiger partial charge in [0, 0.05) is 29.1 Å². The van der Waals surface area contributed by atoms with Gasteiger partial charge in [0.2, 0.25) is 0 Å². The zero-order valence-electron chi connectivity index (χ0n) is 17.8. The van der Waals surface area contributed by atoms with Crippen molar-refractivity contribution in [1.82, 2.24) is 4.57 Å². The van der Waals surface area contributed by atoms with Gasteiger partial charge in [-0.1, -0.05) is 18.2 Å². The fraction of sp³-hybridized carbons (Fsp3) is 0.208. The van der Waals surface area contributed by atoms with E-state index in [1.54, 1.807) is 0 Å². The van der Waals surface area contributed by atoms with Gasteiger partial charge in [0.1, 0.15) is 30.7 Å². The SMILES string of the molecule is N#C/C(=C\c1cn(CC(=O)O)c2ccc(F)cc12)C(=O)N1c2ccccc2CC(F)(F)C1(F)CF. The van der Waals surface area contributed by atoms with Crippen LogP contribution in [0.1, 0.15) is 11.1 Å². The normalized spacial score (nSPS) is 19.3. The molecule has 0 saturated carbocycles. The Morgan fingerprint density at radius 1 is 1.17 bits per heavy atom. The molecule has 1 aromatic heterocycles. The van der Waals surface area contributed by atoms with Gasteiger partial charge in [-0.25, -0.2) is 22.0 Å². The summed E-state index contributed by atoms with van der Waals surface area (Å²) in [6, 6.07) is 10.1. The Kier molecular flexibility index (Phi) is 5.84. The molecule has 2 heterocycles. The highest BCUT2D eigenvalue weighted by Gasteiger charge is 2.64. The second kappa shape index (κ2) is 8.54. The van der Waals surface area contributed by atoms with E-state index in [1.807, 2.05) is 0 Å². The number of nitrogens with zero attached hydrogens (tertiary/aromatic N) is 3. The van der Waals surface area contributed by atoms with Crippen molar-refractivity contribution in [3.05, 3.63) is 71.2 Å². The fourth-order valence-electron chi connectivity index (χ4n) is 4.14. The summed E-state index contributed by atoms with van der Waals surface area (Å²) >= 11 is 0. The average molecular weight is 489 g/mol. The molecule has 3 aromatic rings. The summed E-state index contributed by atoms with van der Waals surface area (Å²) in [6.07, 6.45) is 0.969. The van der Waals surface area contributed by atoms with Gasteiger partial charge in [-0.3, -0.25) is 14.5 Å². The van der Waals surface area contributed by atoms with Crippen molar-refractivity contribution in [1.29, 1.82) is 5.26 Å². The quantitative estimate of drug-likeness (QED) is 0.245. The number of anilines is 1. The number of aliphatic carboxylic acids is 1. The highest BCUT2D eigenvalue weighted by Crippen LogP contribution is 2.48. The molecule has 0 spiro atoms. The lowest BCUT2D eigenvalue weighted by Gasteiger charge is -2.44. The van der Waals surface area contributed by atoms with Crippen LogP contribution in [-0.4, -0.2) is 39.9 Å². The minimum Gasteiger partial charge on any atom is -0.480 e. The monoisotopic (exact) mass is 489 g/mol. The second-order valence-electron chi connectivity index (χ2n) is 7.98. The van der Waals surface area contributed by atoms with Crippen molar-refractivity contribution in [2.75, 3.05) is 11.6 Å². The number of amides is 1. The first kappa shape index (κ1) is 23.9. The third-order valence-electron chi connectivity index (χ3n) is 5.77. The number of carbonyl (C=O) groups is 2. The zero-order valence-corrected chi connectivity index (χ0v) is 17.8. The largest absolute Gasteiger partial charge is 0.480 e. The van der Waals surface area contributed by atoms with Gasteiger partial charge < -0.3 is 9.67 Å². The number of benzene rings is 2. The summed E-state index contributed by atoms with van der Waals surface area (Å²) in [7, 11) is 0. The van der Waals surface area contributed by atoms with Crippen LogP contribution in [-0.2, 0) is 22.6 Å². The lowest BCUT2D eigenvalue weighted by Crippen LogP contribution is -2.65. The number of hydrogen-bond acceptors (Lipinski definition) is 3. The summed E-state index contributed by atoms with van der Waals surface area (Å²) < 4.78 is 73.8. The molecule has 1 unspecified atom stereocenters. The Hall–Kier alpha value is -4.20. The van der Waals surface area contributed by atoms with Gasteiger partial charge in [0.15, 0.2) is 0 Å². The fourth-order valence-corrected chi connectivity index (χ4v) is 4.14. The molecule has 1 atom stereocenters. The molecular formula is C24H16F5N3O3. The van der Waals surface area contributed by atoms with E-state index in [1.165, 1.54) is 41.1 Å². The Labute approximate surface area is 195 Å². The van der Waals surface area contributed by atoms with E-state index in [0.29, 0.717) is 0 Å². The third kappa shape index (κ3) is 3.90. The number of aromatic nitrogens is 1. The maximum atomic E-state index is 15.5. The van der Waals surface area contributed by atoms with Crippen LogP contribution in [0.3, 0.4) is 0 Å². The maximum Gasteiger partial charge on any atom is 0.323 e. The maximum absolute atomic E-state index is 15.5. The molecule has 1 amide bonds. The Balaban J connectivity index is 1.88. The van der Waals surface area contributed by atoms with Crippen LogP contribution in [0.25, 0.3) is 17.0 Å². The highest BCUT2D eigenvalue weighted by atomic mass is 19.3. The van der Waals surface area contributed by atoms with Crippen LogP contribution in [0, 0.1) is 17.1 Å². The van der Waals surface area contributed by atoms with E-state index < -0.39 is 54.6 Å². The van der Waals surface area contributed by atoms with Crippen molar-refractivity contribution >= 4 is 34.5 Å².